The molecule has 0 aliphatic heterocycles. The molecule has 0 radical (unpaired) electrons. The summed E-state index contributed by atoms with van der Waals surface area (Å²) in [7, 11) is 0. The van der Waals surface area contributed by atoms with Crippen molar-refractivity contribution in [3.63, 3.8) is 0 Å². The maximum atomic E-state index is 2.54. The third kappa shape index (κ3) is 2.72. The van der Waals surface area contributed by atoms with Crippen LogP contribution in [0.1, 0.15) is 72.1 Å². The highest BCUT2D eigenvalue weighted by molar-refractivity contribution is 4.82. The molecule has 1 rings (SSSR count). The quantitative estimate of drug-likeness (QED) is 0.551. The lowest BCUT2D eigenvalue weighted by Gasteiger charge is -2.36. The molecule has 0 spiro atoms. The van der Waals surface area contributed by atoms with Crippen LogP contribution in [0.25, 0.3) is 0 Å². The summed E-state index contributed by atoms with van der Waals surface area (Å²) in [4.78, 5) is 0. The Morgan fingerprint density at radius 3 is 1.77 bits per heavy atom. The third-order valence-corrected chi connectivity index (χ3v) is 4.22. The Labute approximate surface area is 84.1 Å². The van der Waals surface area contributed by atoms with Gasteiger partial charge in [0.25, 0.3) is 0 Å². The minimum atomic E-state index is 0.681. The zero-order valence-corrected chi connectivity index (χ0v) is 9.73. The van der Waals surface area contributed by atoms with Gasteiger partial charge in [-0.3, -0.25) is 0 Å². The number of hydrogen-bond donors (Lipinski definition) is 0. The Balaban J connectivity index is 2.58. The maximum Gasteiger partial charge on any atom is -0.0298 e. The molecule has 78 valence electrons. The van der Waals surface area contributed by atoms with Crippen molar-refractivity contribution >= 4 is 0 Å². The molecular formula is C13H26. The largest absolute Gasteiger partial charge is 0.0651 e. The summed E-state index contributed by atoms with van der Waals surface area (Å²) in [5.41, 5.74) is 0.681. The lowest BCUT2D eigenvalue weighted by molar-refractivity contribution is 0.146. The van der Waals surface area contributed by atoms with Crippen LogP contribution in [0.5, 0.6) is 0 Å². The van der Waals surface area contributed by atoms with Crippen LogP contribution >= 0.6 is 0 Å². The van der Waals surface area contributed by atoms with Crippen LogP contribution < -0.4 is 0 Å². The fourth-order valence-corrected chi connectivity index (χ4v) is 3.22. The van der Waals surface area contributed by atoms with E-state index in [4.69, 9.17) is 0 Å². The van der Waals surface area contributed by atoms with Crippen LogP contribution in [-0.2, 0) is 0 Å². The summed E-state index contributed by atoms with van der Waals surface area (Å²) in [5, 5.41) is 0. The molecule has 1 aliphatic carbocycles. The van der Waals surface area contributed by atoms with Crippen LogP contribution in [0.15, 0.2) is 0 Å². The molecule has 0 nitrogen and oxygen atoms in total. The van der Waals surface area contributed by atoms with Crippen molar-refractivity contribution in [2.45, 2.75) is 72.1 Å². The molecule has 1 fully saturated rings. The monoisotopic (exact) mass is 182 g/mol. The molecule has 0 amide bonds. The van der Waals surface area contributed by atoms with Crippen molar-refractivity contribution in [3.8, 4) is 0 Å². The fourth-order valence-electron chi connectivity index (χ4n) is 3.22. The Morgan fingerprint density at radius 1 is 0.923 bits per heavy atom. The van der Waals surface area contributed by atoms with Gasteiger partial charge in [-0.1, -0.05) is 59.3 Å². The first-order valence-corrected chi connectivity index (χ1v) is 6.23. The van der Waals surface area contributed by atoms with Crippen LogP contribution in [0.4, 0.5) is 0 Å². The van der Waals surface area contributed by atoms with Gasteiger partial charge >= 0.3 is 0 Å². The van der Waals surface area contributed by atoms with E-state index < -0.39 is 0 Å². The summed E-state index contributed by atoms with van der Waals surface area (Å²) in [6.45, 7) is 7.27. The van der Waals surface area contributed by atoms with E-state index in [-0.39, 0.29) is 0 Å². The predicted octanol–water partition coefficient (Wildman–Crippen LogP) is 4.78. The highest BCUT2D eigenvalue weighted by Gasteiger charge is 2.31. The van der Waals surface area contributed by atoms with E-state index in [0.29, 0.717) is 5.41 Å². The first-order chi connectivity index (χ1) is 6.23. The third-order valence-electron chi connectivity index (χ3n) is 4.22. The van der Waals surface area contributed by atoms with Gasteiger partial charge < -0.3 is 0 Å². The second-order valence-electron chi connectivity index (χ2n) is 5.08. The molecule has 0 bridgehead atoms. The molecule has 0 unspecified atom stereocenters. The lowest BCUT2D eigenvalue weighted by atomic mass is 9.69. The number of hydrogen-bond acceptors (Lipinski definition) is 0. The van der Waals surface area contributed by atoms with Crippen LogP contribution in [-0.4, -0.2) is 0 Å². The second-order valence-corrected chi connectivity index (χ2v) is 5.08. The van der Waals surface area contributed by atoms with Crippen molar-refractivity contribution in [1.29, 1.82) is 0 Å². The normalized spacial score (nSPS) is 23.1. The smallest absolute Gasteiger partial charge is 0.0298 e. The Morgan fingerprint density at radius 2 is 1.38 bits per heavy atom. The topological polar surface area (TPSA) is 0 Å². The first kappa shape index (κ1) is 11.1. The van der Waals surface area contributed by atoms with Gasteiger partial charge in [-0.05, 0) is 24.2 Å². The number of rotatable bonds is 3. The van der Waals surface area contributed by atoms with Gasteiger partial charge in [0.15, 0.2) is 0 Å². The molecule has 13 heavy (non-hydrogen) atoms. The van der Waals surface area contributed by atoms with E-state index in [0.717, 1.165) is 5.92 Å². The SMILES string of the molecule is CCC(CC)C1(C)CCCCCC1. The predicted molar refractivity (Wildman–Crippen MR) is 59.9 cm³/mol. The van der Waals surface area contributed by atoms with Crippen molar-refractivity contribution in [1.82, 2.24) is 0 Å². The Bertz CT molecular complexity index is 125. The standard InChI is InChI=1S/C13H26/c1-4-12(5-2)13(3)10-8-6-7-9-11-13/h12H,4-11H2,1-3H3. The van der Waals surface area contributed by atoms with E-state index in [1.165, 1.54) is 51.4 Å². The zero-order valence-electron chi connectivity index (χ0n) is 9.73. The van der Waals surface area contributed by atoms with E-state index in [1.807, 2.05) is 0 Å². The summed E-state index contributed by atoms with van der Waals surface area (Å²) < 4.78 is 0. The van der Waals surface area contributed by atoms with Gasteiger partial charge in [0, 0.05) is 0 Å². The van der Waals surface area contributed by atoms with Gasteiger partial charge in [-0.15, -0.1) is 0 Å². The van der Waals surface area contributed by atoms with Gasteiger partial charge in [0.05, 0.1) is 0 Å². The minimum absolute atomic E-state index is 0.681. The zero-order chi connectivity index (χ0) is 9.73. The Hall–Kier alpha value is 0. The van der Waals surface area contributed by atoms with Crippen molar-refractivity contribution in [2.24, 2.45) is 11.3 Å². The molecule has 1 saturated carbocycles. The summed E-state index contributed by atoms with van der Waals surface area (Å²) in [5.74, 6) is 0.977. The first-order valence-electron chi connectivity index (χ1n) is 6.23. The van der Waals surface area contributed by atoms with E-state index in [2.05, 4.69) is 20.8 Å². The summed E-state index contributed by atoms with van der Waals surface area (Å²) >= 11 is 0. The second kappa shape index (κ2) is 5.02. The average molecular weight is 182 g/mol. The summed E-state index contributed by atoms with van der Waals surface area (Å²) in [6.07, 6.45) is 11.7. The molecule has 0 aromatic heterocycles. The molecular weight excluding hydrogens is 156 g/mol. The van der Waals surface area contributed by atoms with Crippen molar-refractivity contribution in [3.05, 3.63) is 0 Å². The molecule has 0 N–H and O–H groups in total. The van der Waals surface area contributed by atoms with Crippen LogP contribution in [0.3, 0.4) is 0 Å². The van der Waals surface area contributed by atoms with Crippen molar-refractivity contribution < 1.29 is 0 Å². The van der Waals surface area contributed by atoms with Gasteiger partial charge in [-0.25, -0.2) is 0 Å². The maximum absolute atomic E-state index is 2.54. The Kier molecular flexibility index (Phi) is 4.28. The highest BCUT2D eigenvalue weighted by Crippen LogP contribution is 2.43. The minimum Gasteiger partial charge on any atom is -0.0651 e. The summed E-state index contributed by atoms with van der Waals surface area (Å²) in [6, 6.07) is 0. The van der Waals surface area contributed by atoms with E-state index in [9.17, 15) is 0 Å². The van der Waals surface area contributed by atoms with Crippen LogP contribution in [0, 0.1) is 11.3 Å². The van der Waals surface area contributed by atoms with Gasteiger partial charge in [-0.2, -0.15) is 0 Å². The molecule has 0 aromatic carbocycles. The molecule has 0 aromatic rings. The lowest BCUT2D eigenvalue weighted by Crippen LogP contribution is -2.25. The van der Waals surface area contributed by atoms with Gasteiger partial charge in [0.2, 0.25) is 0 Å². The molecule has 0 atom stereocenters. The molecule has 0 heterocycles. The highest BCUT2D eigenvalue weighted by atomic mass is 14.4. The van der Waals surface area contributed by atoms with Crippen molar-refractivity contribution in [2.75, 3.05) is 0 Å². The average Bonchev–Trinajstić information content (AvgIpc) is 2.33. The molecule has 0 heteroatoms. The fraction of sp³-hybridized carbons (Fsp3) is 1.00. The molecule has 0 saturated heterocycles. The molecule has 1 aliphatic rings. The van der Waals surface area contributed by atoms with Crippen LogP contribution in [0.2, 0.25) is 0 Å². The van der Waals surface area contributed by atoms with E-state index in [1.54, 1.807) is 0 Å². The van der Waals surface area contributed by atoms with E-state index >= 15 is 0 Å². The van der Waals surface area contributed by atoms with Gasteiger partial charge in [0.1, 0.15) is 0 Å².